The molecule has 38 heavy (non-hydrogen) atoms. The molecule has 0 saturated heterocycles. The first-order valence-corrected chi connectivity index (χ1v) is 13.5. The lowest BCUT2D eigenvalue weighted by Gasteiger charge is -2.16. The van der Waals surface area contributed by atoms with Crippen LogP contribution in [0.2, 0.25) is 0 Å². The van der Waals surface area contributed by atoms with Crippen molar-refractivity contribution in [2.75, 3.05) is 11.9 Å². The third kappa shape index (κ3) is 4.36. The summed E-state index contributed by atoms with van der Waals surface area (Å²) in [5.41, 5.74) is 2.75. The van der Waals surface area contributed by atoms with Crippen molar-refractivity contribution in [3.8, 4) is 33.2 Å². The molecule has 3 N–H and O–H groups in total. The van der Waals surface area contributed by atoms with E-state index in [9.17, 15) is 14.6 Å². The largest absolute Gasteiger partial charge is 0.396 e. The standard InChI is InChI=1S/C29H28FN5O2S/c1-35-13-12-31-28(35)27-33-26(32-19-11-10-17(14-19)15-36)24-23(18-6-3-2-4-7-18)25(38-29(24)34-27)20-8-5-9-22(30)21(20)16-37/h2-9,12-13,17,19,36-37H,10-11,14-16H2,1H3,(H,32,33,34)/t17-,19+/m0/s1. The van der Waals surface area contributed by atoms with Gasteiger partial charge in [-0.1, -0.05) is 42.5 Å². The molecule has 0 spiro atoms. The Morgan fingerprint density at radius 3 is 2.63 bits per heavy atom. The molecule has 0 unspecified atom stereocenters. The highest BCUT2D eigenvalue weighted by atomic mass is 32.1. The summed E-state index contributed by atoms with van der Waals surface area (Å²) in [6.45, 7) is -0.234. The molecule has 3 heterocycles. The van der Waals surface area contributed by atoms with Crippen LogP contribution in [-0.4, -0.2) is 42.4 Å². The Balaban J connectivity index is 1.64. The Morgan fingerprint density at radius 2 is 1.92 bits per heavy atom. The smallest absolute Gasteiger partial charge is 0.199 e. The van der Waals surface area contributed by atoms with Crippen molar-refractivity contribution < 1.29 is 14.6 Å². The van der Waals surface area contributed by atoms with Crippen LogP contribution < -0.4 is 5.32 Å². The van der Waals surface area contributed by atoms with Crippen LogP contribution in [0.1, 0.15) is 24.8 Å². The first-order valence-electron chi connectivity index (χ1n) is 12.7. The van der Waals surface area contributed by atoms with E-state index in [1.807, 2.05) is 54.2 Å². The second kappa shape index (κ2) is 10.2. The fraction of sp³-hybridized carbons (Fsp3) is 0.276. The predicted octanol–water partition coefficient (Wildman–Crippen LogP) is 5.63. The van der Waals surface area contributed by atoms with E-state index >= 15 is 0 Å². The molecule has 1 fully saturated rings. The summed E-state index contributed by atoms with van der Waals surface area (Å²) in [5, 5.41) is 24.3. The van der Waals surface area contributed by atoms with E-state index in [-0.39, 0.29) is 24.1 Å². The maximum absolute atomic E-state index is 14.8. The number of nitrogens with one attached hydrogen (secondary N) is 1. The van der Waals surface area contributed by atoms with Gasteiger partial charge in [0, 0.05) is 53.7 Å². The average Bonchev–Trinajstić information content (AvgIpc) is 3.67. The molecule has 3 aromatic heterocycles. The second-order valence-corrected chi connectivity index (χ2v) is 10.7. The van der Waals surface area contributed by atoms with Crippen LogP contribution in [0, 0.1) is 11.7 Å². The Labute approximate surface area is 223 Å². The SMILES string of the molecule is Cn1ccnc1-c1nc(N[C@@H]2CC[C@H](CO)C2)c2c(-c3ccccc3)c(-c3cccc(F)c3CO)sc2n1. The summed E-state index contributed by atoms with van der Waals surface area (Å²) in [4.78, 5) is 16.0. The molecule has 7 nitrogen and oxygen atoms in total. The van der Waals surface area contributed by atoms with E-state index in [4.69, 9.17) is 9.97 Å². The van der Waals surface area contributed by atoms with E-state index in [0.717, 1.165) is 45.5 Å². The molecule has 5 aromatic rings. The van der Waals surface area contributed by atoms with Crippen molar-refractivity contribution in [3.63, 3.8) is 0 Å². The fourth-order valence-electron chi connectivity index (χ4n) is 5.35. The molecule has 9 heteroatoms. The highest BCUT2D eigenvalue weighted by Crippen LogP contribution is 2.48. The van der Waals surface area contributed by atoms with Crippen LogP contribution in [-0.2, 0) is 13.7 Å². The number of aryl methyl sites for hydroxylation is 1. The summed E-state index contributed by atoms with van der Waals surface area (Å²) in [7, 11) is 1.90. The van der Waals surface area contributed by atoms with Crippen LogP contribution in [0.5, 0.6) is 0 Å². The van der Waals surface area contributed by atoms with Crippen molar-refractivity contribution >= 4 is 27.4 Å². The van der Waals surface area contributed by atoms with Crippen LogP contribution in [0.25, 0.3) is 43.4 Å². The molecule has 1 aliphatic carbocycles. The normalized spacial score (nSPS) is 17.4. The molecule has 0 amide bonds. The third-order valence-electron chi connectivity index (χ3n) is 7.30. The molecular weight excluding hydrogens is 501 g/mol. The Morgan fingerprint density at radius 1 is 1.08 bits per heavy atom. The zero-order valence-corrected chi connectivity index (χ0v) is 21.7. The van der Waals surface area contributed by atoms with Gasteiger partial charge in [-0.05, 0) is 36.8 Å². The monoisotopic (exact) mass is 529 g/mol. The minimum atomic E-state index is -0.444. The number of anilines is 1. The summed E-state index contributed by atoms with van der Waals surface area (Å²) >= 11 is 1.46. The van der Waals surface area contributed by atoms with Gasteiger partial charge in [0.25, 0.3) is 0 Å². The van der Waals surface area contributed by atoms with Gasteiger partial charge < -0.3 is 20.1 Å². The number of rotatable bonds is 7. The van der Waals surface area contributed by atoms with Gasteiger partial charge in [-0.25, -0.2) is 19.3 Å². The lowest BCUT2D eigenvalue weighted by Crippen LogP contribution is -2.18. The van der Waals surface area contributed by atoms with Crippen LogP contribution in [0.4, 0.5) is 10.2 Å². The van der Waals surface area contributed by atoms with Crippen molar-refractivity contribution in [1.29, 1.82) is 0 Å². The molecule has 0 radical (unpaired) electrons. The number of hydrogen-bond donors (Lipinski definition) is 3. The van der Waals surface area contributed by atoms with Crippen molar-refractivity contribution in [1.82, 2.24) is 19.5 Å². The lowest BCUT2D eigenvalue weighted by atomic mass is 9.97. The molecule has 0 bridgehead atoms. The lowest BCUT2D eigenvalue weighted by molar-refractivity contribution is 0.229. The van der Waals surface area contributed by atoms with Crippen LogP contribution in [0.15, 0.2) is 60.9 Å². The molecule has 0 aliphatic heterocycles. The second-order valence-electron chi connectivity index (χ2n) is 9.74. The maximum atomic E-state index is 14.8. The Bertz CT molecular complexity index is 1600. The van der Waals surface area contributed by atoms with Crippen molar-refractivity contribution in [2.24, 2.45) is 13.0 Å². The number of imidazole rings is 1. The maximum Gasteiger partial charge on any atom is 0.199 e. The molecule has 2 aromatic carbocycles. The Kier molecular flexibility index (Phi) is 6.65. The van der Waals surface area contributed by atoms with E-state index < -0.39 is 12.4 Å². The zero-order chi connectivity index (χ0) is 26.2. The highest BCUT2D eigenvalue weighted by molar-refractivity contribution is 7.22. The summed E-state index contributed by atoms with van der Waals surface area (Å²) in [5.74, 6) is 1.66. The van der Waals surface area contributed by atoms with Gasteiger partial charge in [0.1, 0.15) is 16.5 Å². The molecule has 6 rings (SSSR count). The number of benzene rings is 2. The number of fused-ring (bicyclic) bond motifs is 1. The topological polar surface area (TPSA) is 96.1 Å². The number of thiophene rings is 1. The van der Waals surface area contributed by atoms with E-state index in [1.54, 1.807) is 12.3 Å². The number of halogens is 1. The molecule has 2 atom stereocenters. The van der Waals surface area contributed by atoms with Crippen molar-refractivity contribution in [2.45, 2.75) is 31.9 Å². The van der Waals surface area contributed by atoms with Gasteiger partial charge in [-0.2, -0.15) is 0 Å². The first kappa shape index (κ1) is 24.7. The minimum Gasteiger partial charge on any atom is -0.396 e. The summed E-state index contributed by atoms with van der Waals surface area (Å²) in [6, 6.07) is 15.0. The third-order valence-corrected chi connectivity index (χ3v) is 8.41. The summed E-state index contributed by atoms with van der Waals surface area (Å²) in [6.07, 6.45) is 6.32. The number of nitrogens with zero attached hydrogens (tertiary/aromatic N) is 4. The minimum absolute atomic E-state index is 0.161. The van der Waals surface area contributed by atoms with Gasteiger partial charge >= 0.3 is 0 Å². The van der Waals surface area contributed by atoms with Gasteiger partial charge in [0.15, 0.2) is 11.6 Å². The molecule has 194 valence electrons. The quantitative estimate of drug-likeness (QED) is 0.253. The molecule has 1 saturated carbocycles. The Hall–Kier alpha value is -3.66. The zero-order valence-electron chi connectivity index (χ0n) is 20.9. The van der Waals surface area contributed by atoms with Gasteiger partial charge in [-0.15, -0.1) is 11.3 Å². The number of aliphatic hydroxyl groups excluding tert-OH is 2. The van der Waals surface area contributed by atoms with Gasteiger partial charge in [-0.3, -0.25) is 0 Å². The molecular formula is C29H28FN5O2S. The fourth-order valence-corrected chi connectivity index (χ4v) is 6.60. The average molecular weight is 530 g/mol. The highest BCUT2D eigenvalue weighted by Gasteiger charge is 2.28. The van der Waals surface area contributed by atoms with Crippen LogP contribution >= 0.6 is 11.3 Å². The van der Waals surface area contributed by atoms with E-state index in [1.165, 1.54) is 17.4 Å². The number of aromatic nitrogens is 4. The number of hydrogen-bond acceptors (Lipinski definition) is 7. The van der Waals surface area contributed by atoms with Crippen LogP contribution in [0.3, 0.4) is 0 Å². The van der Waals surface area contributed by atoms with E-state index in [0.29, 0.717) is 23.0 Å². The first-order chi connectivity index (χ1) is 18.6. The molecule has 1 aliphatic rings. The van der Waals surface area contributed by atoms with E-state index in [2.05, 4.69) is 10.3 Å². The summed E-state index contributed by atoms with van der Waals surface area (Å²) < 4.78 is 16.7. The van der Waals surface area contributed by atoms with Gasteiger partial charge in [0.05, 0.1) is 12.0 Å². The van der Waals surface area contributed by atoms with Crippen molar-refractivity contribution in [3.05, 3.63) is 72.3 Å². The number of aliphatic hydroxyl groups is 2. The van der Waals surface area contributed by atoms with Gasteiger partial charge in [0.2, 0.25) is 0 Å². The predicted molar refractivity (Wildman–Crippen MR) is 148 cm³/mol.